The topological polar surface area (TPSA) is 90.2 Å². The van der Waals surface area contributed by atoms with E-state index < -0.39 is 18.0 Å². The number of nitrogens with zero attached hydrogens (tertiary/aromatic N) is 2. The average molecular weight is 234 g/mol. The third-order valence-electron chi connectivity index (χ3n) is 2.46. The highest BCUT2D eigenvalue weighted by Crippen LogP contribution is 2.24. The quantitative estimate of drug-likeness (QED) is 0.806. The number of para-hydroxylation sites is 1. The lowest BCUT2D eigenvalue weighted by Crippen LogP contribution is -2.34. The maximum atomic E-state index is 11.0. The highest BCUT2D eigenvalue weighted by molar-refractivity contribution is 6.37. The molecule has 1 aliphatic rings. The maximum absolute atomic E-state index is 11.0. The number of carbonyl (C=O) groups is 2. The van der Waals surface area contributed by atoms with Crippen molar-refractivity contribution < 1.29 is 19.8 Å². The fourth-order valence-corrected chi connectivity index (χ4v) is 1.65. The molecule has 17 heavy (non-hydrogen) atoms. The van der Waals surface area contributed by atoms with Gasteiger partial charge in [-0.05, 0) is 12.1 Å². The van der Waals surface area contributed by atoms with Crippen LogP contribution in [0.15, 0.2) is 35.4 Å². The van der Waals surface area contributed by atoms with E-state index in [1.54, 1.807) is 30.3 Å². The fraction of sp³-hybridized carbons (Fsp3) is 0.182. The van der Waals surface area contributed by atoms with Crippen LogP contribution in [0, 0.1) is 0 Å². The van der Waals surface area contributed by atoms with Crippen molar-refractivity contribution in [3.05, 3.63) is 30.3 Å². The summed E-state index contributed by atoms with van der Waals surface area (Å²) in [6.45, 7) is 0. The van der Waals surface area contributed by atoms with Crippen molar-refractivity contribution in [3.8, 4) is 0 Å². The van der Waals surface area contributed by atoms with E-state index in [0.717, 1.165) is 0 Å². The Kier molecular flexibility index (Phi) is 2.78. The lowest BCUT2D eigenvalue weighted by atomic mass is 10.1. The molecule has 0 saturated heterocycles. The van der Waals surface area contributed by atoms with Crippen LogP contribution in [-0.4, -0.2) is 33.9 Å². The Balaban J connectivity index is 2.35. The number of carboxylic acids is 2. The molecule has 1 aliphatic heterocycles. The summed E-state index contributed by atoms with van der Waals surface area (Å²) in [5.41, 5.74) is 0.428. The number of benzene rings is 1. The van der Waals surface area contributed by atoms with E-state index in [1.165, 1.54) is 5.01 Å². The number of carboxylic acid groups (broad SMARTS) is 2. The molecule has 0 fully saturated rings. The summed E-state index contributed by atoms with van der Waals surface area (Å²) in [6, 6.07) is 7.68. The minimum absolute atomic E-state index is 0.0977. The number of anilines is 1. The third kappa shape index (κ3) is 2.10. The van der Waals surface area contributed by atoms with E-state index in [0.29, 0.717) is 5.69 Å². The zero-order valence-electron chi connectivity index (χ0n) is 8.78. The summed E-state index contributed by atoms with van der Waals surface area (Å²) in [5.74, 6) is -2.27. The molecule has 88 valence electrons. The van der Waals surface area contributed by atoms with Crippen molar-refractivity contribution in [2.45, 2.75) is 12.5 Å². The van der Waals surface area contributed by atoms with Gasteiger partial charge in [0.15, 0.2) is 6.04 Å². The van der Waals surface area contributed by atoms with Gasteiger partial charge in [0, 0.05) is 6.42 Å². The Hall–Kier alpha value is -2.37. The molecule has 1 atom stereocenters. The molecule has 1 aromatic rings. The van der Waals surface area contributed by atoms with E-state index in [1.807, 2.05) is 0 Å². The second kappa shape index (κ2) is 4.25. The normalized spacial score (nSPS) is 18.9. The van der Waals surface area contributed by atoms with Crippen molar-refractivity contribution in [3.63, 3.8) is 0 Å². The zero-order valence-corrected chi connectivity index (χ0v) is 8.78. The summed E-state index contributed by atoms with van der Waals surface area (Å²) in [6.07, 6.45) is -0.0977. The molecule has 0 radical (unpaired) electrons. The van der Waals surface area contributed by atoms with Crippen LogP contribution < -0.4 is 5.01 Å². The molecule has 0 spiro atoms. The first-order chi connectivity index (χ1) is 8.09. The van der Waals surface area contributed by atoms with Crippen LogP contribution in [0.25, 0.3) is 0 Å². The molecule has 0 aromatic heterocycles. The minimum Gasteiger partial charge on any atom is -0.480 e. The Morgan fingerprint density at radius 2 is 1.88 bits per heavy atom. The molecule has 0 amide bonds. The predicted molar refractivity (Wildman–Crippen MR) is 60.0 cm³/mol. The van der Waals surface area contributed by atoms with Gasteiger partial charge in [0.05, 0.1) is 5.69 Å². The van der Waals surface area contributed by atoms with E-state index in [2.05, 4.69) is 5.10 Å². The van der Waals surface area contributed by atoms with Crippen molar-refractivity contribution in [2.75, 3.05) is 5.01 Å². The average Bonchev–Trinajstić information content (AvgIpc) is 2.75. The predicted octanol–water partition coefficient (Wildman–Crippen LogP) is 0.791. The van der Waals surface area contributed by atoms with Gasteiger partial charge in [0.1, 0.15) is 5.71 Å². The Labute approximate surface area is 96.8 Å². The SMILES string of the molecule is O=C(O)C1=NN(c2ccccc2)[C@H](C(=O)O)C1. The van der Waals surface area contributed by atoms with Crippen LogP contribution in [0.1, 0.15) is 6.42 Å². The Morgan fingerprint density at radius 1 is 1.24 bits per heavy atom. The van der Waals surface area contributed by atoms with Gasteiger partial charge in [-0.25, -0.2) is 9.59 Å². The van der Waals surface area contributed by atoms with Crippen LogP contribution in [0.4, 0.5) is 5.69 Å². The van der Waals surface area contributed by atoms with Crippen molar-refractivity contribution in [1.29, 1.82) is 0 Å². The number of rotatable bonds is 3. The fourth-order valence-electron chi connectivity index (χ4n) is 1.65. The number of hydrogen-bond acceptors (Lipinski definition) is 4. The summed E-state index contributed by atoms with van der Waals surface area (Å²) in [5, 5.41) is 22.9. The van der Waals surface area contributed by atoms with Gasteiger partial charge < -0.3 is 10.2 Å². The van der Waals surface area contributed by atoms with Gasteiger partial charge in [-0.3, -0.25) is 5.01 Å². The number of hydrazone groups is 1. The van der Waals surface area contributed by atoms with E-state index in [-0.39, 0.29) is 12.1 Å². The molecule has 2 rings (SSSR count). The standard InChI is InChI=1S/C11H10N2O4/c14-10(15)8-6-9(11(16)17)13(12-8)7-4-2-1-3-5-7/h1-5,9H,6H2,(H,14,15)(H,16,17)/t9-/m0/s1. The Bertz CT molecular complexity index is 484. The van der Waals surface area contributed by atoms with Crippen LogP contribution in [-0.2, 0) is 9.59 Å². The van der Waals surface area contributed by atoms with Gasteiger partial charge in [-0.2, -0.15) is 5.10 Å². The molecule has 0 saturated carbocycles. The molecule has 6 heteroatoms. The third-order valence-corrected chi connectivity index (χ3v) is 2.46. The molecule has 0 bridgehead atoms. The molecular formula is C11H10N2O4. The lowest BCUT2D eigenvalue weighted by Gasteiger charge is -2.19. The van der Waals surface area contributed by atoms with E-state index >= 15 is 0 Å². The van der Waals surface area contributed by atoms with Crippen LogP contribution in [0.2, 0.25) is 0 Å². The molecule has 2 N–H and O–H groups in total. The molecule has 0 aliphatic carbocycles. The van der Waals surface area contributed by atoms with Gasteiger partial charge >= 0.3 is 11.9 Å². The Morgan fingerprint density at radius 3 is 2.41 bits per heavy atom. The lowest BCUT2D eigenvalue weighted by molar-refractivity contribution is -0.138. The zero-order chi connectivity index (χ0) is 12.4. The smallest absolute Gasteiger partial charge is 0.352 e. The monoisotopic (exact) mass is 234 g/mol. The highest BCUT2D eigenvalue weighted by Gasteiger charge is 2.35. The molecular weight excluding hydrogens is 224 g/mol. The van der Waals surface area contributed by atoms with Crippen molar-refractivity contribution in [2.24, 2.45) is 5.10 Å². The number of aliphatic carboxylic acids is 2. The van der Waals surface area contributed by atoms with Crippen LogP contribution in [0.5, 0.6) is 0 Å². The first-order valence-corrected chi connectivity index (χ1v) is 4.97. The maximum Gasteiger partial charge on any atom is 0.352 e. The summed E-state index contributed by atoms with van der Waals surface area (Å²) in [7, 11) is 0. The summed E-state index contributed by atoms with van der Waals surface area (Å²) < 4.78 is 0. The summed E-state index contributed by atoms with van der Waals surface area (Å²) in [4.78, 5) is 21.8. The van der Waals surface area contributed by atoms with Gasteiger partial charge in [-0.1, -0.05) is 18.2 Å². The largest absolute Gasteiger partial charge is 0.480 e. The second-order valence-electron chi connectivity index (χ2n) is 3.59. The van der Waals surface area contributed by atoms with Gasteiger partial charge in [-0.15, -0.1) is 0 Å². The number of hydrogen-bond donors (Lipinski definition) is 2. The van der Waals surface area contributed by atoms with Crippen LogP contribution in [0.3, 0.4) is 0 Å². The second-order valence-corrected chi connectivity index (χ2v) is 3.59. The van der Waals surface area contributed by atoms with E-state index in [4.69, 9.17) is 10.2 Å². The van der Waals surface area contributed by atoms with Gasteiger partial charge in [0.25, 0.3) is 0 Å². The highest BCUT2D eigenvalue weighted by atomic mass is 16.4. The van der Waals surface area contributed by atoms with Gasteiger partial charge in [0.2, 0.25) is 0 Å². The van der Waals surface area contributed by atoms with E-state index in [9.17, 15) is 9.59 Å². The minimum atomic E-state index is -1.19. The summed E-state index contributed by atoms with van der Waals surface area (Å²) >= 11 is 0. The first-order valence-electron chi connectivity index (χ1n) is 4.97. The molecule has 1 aromatic carbocycles. The molecule has 1 heterocycles. The van der Waals surface area contributed by atoms with Crippen molar-refractivity contribution >= 4 is 23.3 Å². The molecule has 6 nitrogen and oxygen atoms in total. The van der Waals surface area contributed by atoms with Crippen molar-refractivity contribution in [1.82, 2.24) is 0 Å². The molecule has 0 unspecified atom stereocenters. The first kappa shape index (κ1) is 11.1. The van der Waals surface area contributed by atoms with Crippen LogP contribution >= 0.6 is 0 Å².